The van der Waals surface area contributed by atoms with Crippen molar-refractivity contribution >= 4 is 17.2 Å². The number of carbonyl (C=O) groups excluding carboxylic acids is 1. The van der Waals surface area contributed by atoms with E-state index in [1.165, 1.54) is 17.0 Å². The molecular formula is C18H19FN2OS. The molecule has 120 valence electrons. The quantitative estimate of drug-likeness (QED) is 0.860. The summed E-state index contributed by atoms with van der Waals surface area (Å²) < 4.78 is 13.3. The molecule has 0 bridgehead atoms. The predicted octanol–water partition coefficient (Wildman–Crippen LogP) is 2.98. The Balaban J connectivity index is 1.38. The highest BCUT2D eigenvalue weighted by Crippen LogP contribution is 2.34. The number of fused-ring (bicyclic) bond motifs is 1. The average molecular weight is 330 g/mol. The molecule has 1 amide bonds. The number of nitrogens with zero attached hydrogens (tertiary/aromatic N) is 2. The maximum absolute atomic E-state index is 13.3. The second-order valence-corrected chi connectivity index (χ2v) is 7.52. The molecule has 0 unspecified atom stereocenters. The number of carbonyl (C=O) groups is 1. The third-order valence-corrected chi connectivity index (χ3v) is 5.68. The molecule has 0 spiro atoms. The predicted molar refractivity (Wildman–Crippen MR) is 88.4 cm³/mol. The molecule has 0 saturated carbocycles. The monoisotopic (exact) mass is 330 g/mol. The van der Waals surface area contributed by atoms with Gasteiger partial charge in [0.1, 0.15) is 5.82 Å². The van der Waals surface area contributed by atoms with Crippen LogP contribution in [0.1, 0.15) is 10.4 Å². The summed E-state index contributed by atoms with van der Waals surface area (Å²) in [4.78, 5) is 18.3. The van der Waals surface area contributed by atoms with Crippen LogP contribution < -0.4 is 0 Å². The van der Waals surface area contributed by atoms with Gasteiger partial charge >= 0.3 is 0 Å². The first-order valence-electron chi connectivity index (χ1n) is 7.97. The molecule has 0 N–H and O–H groups in total. The molecule has 2 aliphatic heterocycles. The minimum absolute atomic E-state index is 0.114. The van der Waals surface area contributed by atoms with Crippen LogP contribution in [0, 0.1) is 17.7 Å². The van der Waals surface area contributed by atoms with Gasteiger partial charge in [0, 0.05) is 43.5 Å². The van der Waals surface area contributed by atoms with Crippen LogP contribution in [0.3, 0.4) is 0 Å². The van der Waals surface area contributed by atoms with Gasteiger partial charge in [-0.3, -0.25) is 9.69 Å². The molecule has 5 heteroatoms. The topological polar surface area (TPSA) is 23.6 Å². The van der Waals surface area contributed by atoms with Gasteiger partial charge in [0.15, 0.2) is 0 Å². The highest BCUT2D eigenvalue weighted by atomic mass is 32.1. The molecule has 2 atom stereocenters. The number of benzene rings is 1. The number of thiophene rings is 1. The summed E-state index contributed by atoms with van der Waals surface area (Å²) in [7, 11) is 0. The van der Waals surface area contributed by atoms with Crippen molar-refractivity contribution in [3.63, 3.8) is 0 Å². The lowest BCUT2D eigenvalue weighted by molar-refractivity contribution is -0.131. The highest BCUT2D eigenvalue weighted by Gasteiger charge is 2.45. The zero-order chi connectivity index (χ0) is 15.8. The SMILES string of the molecule is O=C1[C@H]2CN(Cc3cccs3)C[C@H]2CN1Cc1cccc(F)c1. The van der Waals surface area contributed by atoms with E-state index in [1.807, 2.05) is 11.0 Å². The van der Waals surface area contributed by atoms with E-state index in [0.717, 1.165) is 31.7 Å². The van der Waals surface area contributed by atoms with Gasteiger partial charge in [-0.05, 0) is 29.1 Å². The first-order valence-corrected chi connectivity index (χ1v) is 8.85. The van der Waals surface area contributed by atoms with E-state index in [2.05, 4.69) is 22.4 Å². The maximum Gasteiger partial charge on any atom is 0.227 e. The number of halogens is 1. The van der Waals surface area contributed by atoms with Crippen molar-refractivity contribution in [1.29, 1.82) is 0 Å². The number of hydrogen-bond donors (Lipinski definition) is 0. The van der Waals surface area contributed by atoms with Gasteiger partial charge in [0.2, 0.25) is 5.91 Å². The van der Waals surface area contributed by atoms with Gasteiger partial charge in [-0.2, -0.15) is 0 Å². The van der Waals surface area contributed by atoms with E-state index in [4.69, 9.17) is 0 Å². The molecule has 1 aromatic heterocycles. The summed E-state index contributed by atoms with van der Waals surface area (Å²) >= 11 is 1.77. The average Bonchev–Trinajstić information content (AvgIpc) is 3.21. The normalized spacial score (nSPS) is 24.4. The van der Waals surface area contributed by atoms with Gasteiger partial charge < -0.3 is 4.90 Å². The summed E-state index contributed by atoms with van der Waals surface area (Å²) in [6.45, 7) is 4.09. The Kier molecular flexibility index (Phi) is 3.91. The minimum Gasteiger partial charge on any atom is -0.338 e. The second kappa shape index (κ2) is 6.06. The van der Waals surface area contributed by atoms with Crippen molar-refractivity contribution in [2.24, 2.45) is 11.8 Å². The summed E-state index contributed by atoms with van der Waals surface area (Å²) in [5.74, 6) is 0.518. The van der Waals surface area contributed by atoms with Crippen LogP contribution in [-0.2, 0) is 17.9 Å². The van der Waals surface area contributed by atoms with Crippen LogP contribution in [0.2, 0.25) is 0 Å². The van der Waals surface area contributed by atoms with Crippen LogP contribution in [0.25, 0.3) is 0 Å². The number of rotatable bonds is 4. The second-order valence-electron chi connectivity index (χ2n) is 6.49. The molecule has 2 aliphatic rings. The molecule has 2 aromatic rings. The first-order chi connectivity index (χ1) is 11.2. The fraction of sp³-hybridized carbons (Fsp3) is 0.389. The molecule has 23 heavy (non-hydrogen) atoms. The van der Waals surface area contributed by atoms with E-state index in [9.17, 15) is 9.18 Å². The Morgan fingerprint density at radius 1 is 1.13 bits per heavy atom. The smallest absolute Gasteiger partial charge is 0.227 e. The number of likely N-dealkylation sites (tertiary alicyclic amines) is 2. The van der Waals surface area contributed by atoms with E-state index in [1.54, 1.807) is 17.4 Å². The molecule has 2 fully saturated rings. The Bertz CT molecular complexity index is 703. The summed E-state index contributed by atoms with van der Waals surface area (Å²) in [6.07, 6.45) is 0. The fourth-order valence-electron chi connectivity index (χ4n) is 3.78. The van der Waals surface area contributed by atoms with Crippen LogP contribution >= 0.6 is 11.3 Å². The van der Waals surface area contributed by atoms with E-state index >= 15 is 0 Å². The van der Waals surface area contributed by atoms with Crippen molar-refractivity contribution in [2.45, 2.75) is 13.1 Å². The van der Waals surface area contributed by atoms with Crippen molar-refractivity contribution in [3.05, 3.63) is 58.0 Å². The molecular weight excluding hydrogens is 311 g/mol. The Morgan fingerprint density at radius 2 is 2.04 bits per heavy atom. The van der Waals surface area contributed by atoms with E-state index in [-0.39, 0.29) is 17.6 Å². The Hall–Kier alpha value is -1.72. The molecule has 0 radical (unpaired) electrons. The molecule has 3 nitrogen and oxygen atoms in total. The summed E-state index contributed by atoms with van der Waals surface area (Å²) in [6, 6.07) is 10.8. The van der Waals surface area contributed by atoms with Crippen LogP contribution in [0.15, 0.2) is 41.8 Å². The minimum atomic E-state index is -0.239. The van der Waals surface area contributed by atoms with Gasteiger partial charge in [-0.1, -0.05) is 18.2 Å². The standard InChI is InChI=1S/C18H19FN2OS/c19-15-4-1-3-13(7-15)8-21-10-14-9-20(12-17(14)18(21)22)11-16-5-2-6-23-16/h1-7,14,17H,8-12H2/t14-,17-/m0/s1. The van der Waals surface area contributed by atoms with Crippen molar-refractivity contribution in [3.8, 4) is 0 Å². The van der Waals surface area contributed by atoms with Crippen molar-refractivity contribution in [1.82, 2.24) is 9.80 Å². The molecule has 4 rings (SSSR count). The van der Waals surface area contributed by atoms with E-state index in [0.29, 0.717) is 12.5 Å². The summed E-state index contributed by atoms with van der Waals surface area (Å²) in [5.41, 5.74) is 0.869. The van der Waals surface area contributed by atoms with Crippen molar-refractivity contribution < 1.29 is 9.18 Å². The Labute approximate surface area is 139 Å². The zero-order valence-electron chi connectivity index (χ0n) is 12.8. The first kappa shape index (κ1) is 14.8. The van der Waals surface area contributed by atoms with E-state index < -0.39 is 0 Å². The highest BCUT2D eigenvalue weighted by molar-refractivity contribution is 7.09. The lowest BCUT2D eigenvalue weighted by Gasteiger charge is -2.21. The van der Waals surface area contributed by atoms with Crippen LogP contribution in [0.4, 0.5) is 4.39 Å². The number of hydrogen-bond acceptors (Lipinski definition) is 3. The van der Waals surface area contributed by atoms with Gasteiger partial charge in [-0.25, -0.2) is 4.39 Å². The zero-order valence-corrected chi connectivity index (χ0v) is 13.6. The summed E-state index contributed by atoms with van der Waals surface area (Å²) in [5, 5.41) is 2.10. The number of amides is 1. The molecule has 0 aliphatic carbocycles. The fourth-order valence-corrected chi connectivity index (χ4v) is 4.53. The van der Waals surface area contributed by atoms with Gasteiger partial charge in [-0.15, -0.1) is 11.3 Å². The van der Waals surface area contributed by atoms with Gasteiger partial charge in [0.25, 0.3) is 0 Å². The lowest BCUT2D eigenvalue weighted by atomic mass is 10.0. The van der Waals surface area contributed by atoms with Gasteiger partial charge in [0.05, 0.1) is 5.92 Å². The molecule has 1 aromatic carbocycles. The van der Waals surface area contributed by atoms with Crippen molar-refractivity contribution in [2.75, 3.05) is 19.6 Å². The van der Waals surface area contributed by atoms with Crippen LogP contribution in [0.5, 0.6) is 0 Å². The molecule has 3 heterocycles. The third kappa shape index (κ3) is 3.03. The Morgan fingerprint density at radius 3 is 2.78 bits per heavy atom. The van der Waals surface area contributed by atoms with Crippen LogP contribution in [-0.4, -0.2) is 35.3 Å². The third-order valence-electron chi connectivity index (χ3n) is 4.82. The molecule has 2 saturated heterocycles. The lowest BCUT2D eigenvalue weighted by Crippen LogP contribution is -2.32. The maximum atomic E-state index is 13.3. The largest absolute Gasteiger partial charge is 0.338 e.